The first-order valence-electron chi connectivity index (χ1n) is 7.59. The van der Waals surface area contributed by atoms with Crippen molar-refractivity contribution < 1.29 is 0 Å². The number of rotatable bonds is 7. The maximum Gasteiger partial charge on any atom is 0.0537 e. The fourth-order valence-corrected chi connectivity index (χ4v) is 3.30. The van der Waals surface area contributed by atoms with Gasteiger partial charge in [0.1, 0.15) is 0 Å². The van der Waals surface area contributed by atoms with Gasteiger partial charge in [-0.25, -0.2) is 0 Å². The SMILES string of the molecule is CCNC(c1cnn(CC)c1)C(C1CC1)C1CC1. The topological polar surface area (TPSA) is 29.9 Å². The van der Waals surface area contributed by atoms with Gasteiger partial charge < -0.3 is 5.32 Å². The molecule has 3 rings (SSSR count). The van der Waals surface area contributed by atoms with E-state index in [0.29, 0.717) is 6.04 Å². The van der Waals surface area contributed by atoms with Crippen LogP contribution in [0, 0.1) is 17.8 Å². The van der Waals surface area contributed by atoms with Crippen molar-refractivity contribution in [2.24, 2.45) is 17.8 Å². The van der Waals surface area contributed by atoms with Gasteiger partial charge in [-0.2, -0.15) is 5.10 Å². The molecule has 0 aromatic carbocycles. The first-order chi connectivity index (χ1) is 8.83. The monoisotopic (exact) mass is 247 g/mol. The fraction of sp³-hybridized carbons (Fsp3) is 0.800. The van der Waals surface area contributed by atoms with E-state index >= 15 is 0 Å². The number of aromatic nitrogens is 2. The lowest BCUT2D eigenvalue weighted by atomic mass is 9.86. The number of nitrogens with one attached hydrogen (secondary N) is 1. The molecule has 1 unspecified atom stereocenters. The Bertz CT molecular complexity index is 378. The molecule has 0 bridgehead atoms. The van der Waals surface area contributed by atoms with Crippen molar-refractivity contribution in [1.29, 1.82) is 0 Å². The Kier molecular flexibility index (Phi) is 3.42. The van der Waals surface area contributed by atoms with Gasteiger partial charge >= 0.3 is 0 Å². The van der Waals surface area contributed by atoms with Crippen molar-refractivity contribution >= 4 is 0 Å². The van der Waals surface area contributed by atoms with Crippen LogP contribution in [0.5, 0.6) is 0 Å². The number of hydrogen-bond acceptors (Lipinski definition) is 2. The lowest BCUT2D eigenvalue weighted by Crippen LogP contribution is -2.30. The van der Waals surface area contributed by atoms with Gasteiger partial charge in [-0.15, -0.1) is 0 Å². The zero-order valence-corrected chi connectivity index (χ0v) is 11.6. The van der Waals surface area contributed by atoms with E-state index in [4.69, 9.17) is 0 Å². The minimum Gasteiger partial charge on any atom is -0.310 e. The molecule has 2 aliphatic rings. The summed E-state index contributed by atoms with van der Waals surface area (Å²) in [6.45, 7) is 6.39. The summed E-state index contributed by atoms with van der Waals surface area (Å²) in [6.07, 6.45) is 10.1. The van der Waals surface area contributed by atoms with Crippen LogP contribution in [0.1, 0.15) is 51.1 Å². The van der Waals surface area contributed by atoms with E-state index in [1.54, 1.807) is 0 Å². The highest BCUT2D eigenvalue weighted by molar-refractivity contribution is 5.15. The fourth-order valence-electron chi connectivity index (χ4n) is 3.30. The lowest BCUT2D eigenvalue weighted by Gasteiger charge is -2.27. The van der Waals surface area contributed by atoms with Crippen molar-refractivity contribution in [3.05, 3.63) is 18.0 Å². The Morgan fingerprint density at radius 2 is 1.94 bits per heavy atom. The summed E-state index contributed by atoms with van der Waals surface area (Å²) in [7, 11) is 0. The maximum atomic E-state index is 4.46. The van der Waals surface area contributed by atoms with Crippen LogP contribution >= 0.6 is 0 Å². The highest BCUT2D eigenvalue weighted by Gasteiger charge is 2.45. The van der Waals surface area contributed by atoms with Crippen molar-refractivity contribution in [2.45, 2.75) is 52.1 Å². The lowest BCUT2D eigenvalue weighted by molar-refractivity contribution is 0.291. The highest BCUT2D eigenvalue weighted by Crippen LogP contribution is 2.54. The van der Waals surface area contributed by atoms with Crippen molar-refractivity contribution in [1.82, 2.24) is 15.1 Å². The molecule has 3 nitrogen and oxygen atoms in total. The Hall–Kier alpha value is -0.830. The Balaban J connectivity index is 1.80. The molecule has 1 atom stereocenters. The molecule has 1 aromatic heterocycles. The van der Waals surface area contributed by atoms with Gasteiger partial charge in [0, 0.05) is 24.3 Å². The molecule has 0 radical (unpaired) electrons. The third-order valence-corrected chi connectivity index (χ3v) is 4.48. The highest BCUT2D eigenvalue weighted by atomic mass is 15.3. The van der Waals surface area contributed by atoms with Crippen LogP contribution in [-0.4, -0.2) is 16.3 Å². The van der Waals surface area contributed by atoms with Crippen LogP contribution in [0.4, 0.5) is 0 Å². The van der Waals surface area contributed by atoms with Crippen molar-refractivity contribution in [3.63, 3.8) is 0 Å². The van der Waals surface area contributed by atoms with Crippen LogP contribution in [0.3, 0.4) is 0 Å². The standard InChI is InChI=1S/C15H25N3/c1-3-16-15(13-9-17-18(4-2)10-13)14(11-5-6-11)12-7-8-12/h9-12,14-16H,3-8H2,1-2H3. The molecule has 2 aliphatic carbocycles. The van der Waals surface area contributed by atoms with Crippen molar-refractivity contribution in [2.75, 3.05) is 6.54 Å². The molecule has 1 heterocycles. The summed E-state index contributed by atoms with van der Waals surface area (Å²) in [5.74, 6) is 2.82. The van der Waals surface area contributed by atoms with Gasteiger partial charge in [0.15, 0.2) is 0 Å². The number of hydrogen-bond donors (Lipinski definition) is 1. The zero-order chi connectivity index (χ0) is 12.5. The summed E-state index contributed by atoms with van der Waals surface area (Å²) in [6, 6.07) is 0.537. The van der Waals surface area contributed by atoms with E-state index in [9.17, 15) is 0 Å². The van der Waals surface area contributed by atoms with E-state index in [2.05, 4.69) is 41.3 Å². The van der Waals surface area contributed by atoms with Crippen LogP contribution in [0.25, 0.3) is 0 Å². The average Bonchev–Trinajstić information content (AvgIpc) is 3.30. The minimum atomic E-state index is 0.537. The molecular weight excluding hydrogens is 222 g/mol. The normalized spacial score (nSPS) is 21.5. The maximum absolute atomic E-state index is 4.46. The largest absolute Gasteiger partial charge is 0.310 e. The number of nitrogens with zero attached hydrogens (tertiary/aromatic N) is 2. The smallest absolute Gasteiger partial charge is 0.0537 e. The Morgan fingerprint density at radius 3 is 2.39 bits per heavy atom. The van der Waals surface area contributed by atoms with Gasteiger partial charge in [0.2, 0.25) is 0 Å². The van der Waals surface area contributed by atoms with E-state index in [0.717, 1.165) is 30.8 Å². The average molecular weight is 247 g/mol. The van der Waals surface area contributed by atoms with Gasteiger partial charge in [-0.3, -0.25) is 4.68 Å². The molecule has 0 amide bonds. The Labute approximate surface area is 110 Å². The van der Waals surface area contributed by atoms with Crippen molar-refractivity contribution in [3.8, 4) is 0 Å². The molecule has 100 valence electrons. The molecule has 1 aromatic rings. The molecule has 18 heavy (non-hydrogen) atoms. The minimum absolute atomic E-state index is 0.537. The predicted octanol–water partition coefficient (Wildman–Crippen LogP) is 2.99. The summed E-state index contributed by atoms with van der Waals surface area (Å²) < 4.78 is 2.05. The predicted molar refractivity (Wildman–Crippen MR) is 73.3 cm³/mol. The second kappa shape index (κ2) is 5.04. The first kappa shape index (κ1) is 12.2. The molecule has 3 heteroatoms. The van der Waals surface area contributed by atoms with E-state index in [1.165, 1.54) is 31.2 Å². The number of aryl methyl sites for hydroxylation is 1. The summed E-state index contributed by atoms with van der Waals surface area (Å²) in [5, 5.41) is 8.18. The van der Waals surface area contributed by atoms with Crippen LogP contribution in [-0.2, 0) is 6.54 Å². The van der Waals surface area contributed by atoms with Gasteiger partial charge in [-0.1, -0.05) is 6.92 Å². The van der Waals surface area contributed by atoms with Crippen LogP contribution in [0.15, 0.2) is 12.4 Å². The van der Waals surface area contributed by atoms with E-state index < -0.39 is 0 Å². The third kappa shape index (κ3) is 2.46. The van der Waals surface area contributed by atoms with Gasteiger partial charge in [-0.05, 0) is 56.9 Å². The molecule has 0 spiro atoms. The van der Waals surface area contributed by atoms with Crippen LogP contribution < -0.4 is 5.32 Å². The molecule has 0 aliphatic heterocycles. The zero-order valence-electron chi connectivity index (χ0n) is 11.6. The second-order valence-corrected chi connectivity index (χ2v) is 5.92. The molecule has 0 saturated heterocycles. The quantitative estimate of drug-likeness (QED) is 0.802. The summed E-state index contributed by atoms with van der Waals surface area (Å²) >= 11 is 0. The third-order valence-electron chi connectivity index (χ3n) is 4.48. The molecule has 2 saturated carbocycles. The van der Waals surface area contributed by atoms with Gasteiger partial charge in [0.25, 0.3) is 0 Å². The molecule has 2 fully saturated rings. The van der Waals surface area contributed by atoms with E-state index in [1.807, 2.05) is 0 Å². The van der Waals surface area contributed by atoms with E-state index in [-0.39, 0.29) is 0 Å². The second-order valence-electron chi connectivity index (χ2n) is 5.92. The molecular formula is C15H25N3. The summed E-state index contributed by atoms with van der Waals surface area (Å²) in [5.41, 5.74) is 1.41. The first-order valence-corrected chi connectivity index (χ1v) is 7.59. The summed E-state index contributed by atoms with van der Waals surface area (Å²) in [4.78, 5) is 0. The van der Waals surface area contributed by atoms with Gasteiger partial charge in [0.05, 0.1) is 6.20 Å². The van der Waals surface area contributed by atoms with Crippen LogP contribution in [0.2, 0.25) is 0 Å². The Morgan fingerprint density at radius 1 is 1.28 bits per heavy atom. The molecule has 1 N–H and O–H groups in total.